The zero-order chi connectivity index (χ0) is 11.4. The van der Waals surface area contributed by atoms with Gasteiger partial charge >= 0.3 is 0 Å². The number of halogens is 1. The van der Waals surface area contributed by atoms with E-state index in [1.54, 1.807) is 36.7 Å². The summed E-state index contributed by atoms with van der Waals surface area (Å²) in [6, 6.07) is 10.7. The van der Waals surface area contributed by atoms with Crippen LogP contribution < -0.4 is 5.32 Å². The quantitative estimate of drug-likeness (QED) is 0.916. The van der Waals surface area contributed by atoms with Crippen molar-refractivity contribution in [1.82, 2.24) is 4.98 Å². The van der Waals surface area contributed by atoms with E-state index in [0.717, 1.165) is 10.2 Å². The number of carbonyl (C=O) groups is 1. The van der Waals surface area contributed by atoms with Crippen molar-refractivity contribution in [2.45, 2.75) is 0 Å². The van der Waals surface area contributed by atoms with Gasteiger partial charge < -0.3 is 5.32 Å². The first-order valence-electron chi connectivity index (χ1n) is 4.72. The Morgan fingerprint density at radius 1 is 1.19 bits per heavy atom. The number of aromatic nitrogens is 1. The molecule has 4 heteroatoms. The Morgan fingerprint density at radius 3 is 2.62 bits per heavy atom. The minimum Gasteiger partial charge on any atom is -0.322 e. The van der Waals surface area contributed by atoms with Crippen LogP contribution >= 0.6 is 15.9 Å². The van der Waals surface area contributed by atoms with Gasteiger partial charge in [0.15, 0.2) is 0 Å². The molecule has 2 rings (SSSR count). The van der Waals surface area contributed by atoms with Crippen LogP contribution in [0.1, 0.15) is 10.4 Å². The molecule has 2 aromatic rings. The van der Waals surface area contributed by atoms with E-state index in [1.807, 2.05) is 12.1 Å². The van der Waals surface area contributed by atoms with Gasteiger partial charge in [-0.25, -0.2) is 0 Å². The number of hydrogen-bond donors (Lipinski definition) is 1. The summed E-state index contributed by atoms with van der Waals surface area (Å²) in [6.07, 6.45) is 3.27. The largest absolute Gasteiger partial charge is 0.322 e. The fraction of sp³-hybridized carbons (Fsp3) is 0. The van der Waals surface area contributed by atoms with Crippen molar-refractivity contribution < 1.29 is 4.79 Å². The third-order valence-electron chi connectivity index (χ3n) is 2.02. The predicted octanol–water partition coefficient (Wildman–Crippen LogP) is 3.10. The first kappa shape index (κ1) is 10.8. The van der Waals surface area contributed by atoms with Gasteiger partial charge in [0.05, 0.1) is 0 Å². The first-order chi connectivity index (χ1) is 7.75. The molecule has 1 aromatic carbocycles. The maximum absolute atomic E-state index is 11.8. The van der Waals surface area contributed by atoms with Crippen molar-refractivity contribution in [3.05, 3.63) is 58.8 Å². The maximum Gasteiger partial charge on any atom is 0.255 e. The number of benzene rings is 1. The molecule has 0 aliphatic heterocycles. The average molecular weight is 277 g/mol. The van der Waals surface area contributed by atoms with Crippen molar-refractivity contribution in [2.75, 3.05) is 5.32 Å². The topological polar surface area (TPSA) is 42.0 Å². The minimum absolute atomic E-state index is 0.132. The van der Waals surface area contributed by atoms with E-state index in [-0.39, 0.29) is 5.91 Å². The Morgan fingerprint density at radius 2 is 1.94 bits per heavy atom. The van der Waals surface area contributed by atoms with Crippen LogP contribution in [0.3, 0.4) is 0 Å². The van der Waals surface area contributed by atoms with Gasteiger partial charge in [0, 0.05) is 28.1 Å². The van der Waals surface area contributed by atoms with Crippen molar-refractivity contribution in [2.24, 2.45) is 0 Å². The standard InChI is InChI=1S/C12H9BrN2O/c13-10-3-1-2-9(8-10)12(16)15-11-4-6-14-7-5-11/h1-8H,(H,14,15,16). The van der Waals surface area contributed by atoms with Gasteiger partial charge in [0.25, 0.3) is 5.91 Å². The lowest BCUT2D eigenvalue weighted by molar-refractivity contribution is 0.102. The number of hydrogen-bond acceptors (Lipinski definition) is 2. The van der Waals surface area contributed by atoms with E-state index in [9.17, 15) is 4.79 Å². The van der Waals surface area contributed by atoms with Crippen LogP contribution in [0.4, 0.5) is 5.69 Å². The minimum atomic E-state index is -0.132. The van der Waals surface area contributed by atoms with Gasteiger partial charge in [-0.2, -0.15) is 0 Å². The zero-order valence-electron chi connectivity index (χ0n) is 8.35. The summed E-state index contributed by atoms with van der Waals surface area (Å²) in [4.78, 5) is 15.7. The smallest absolute Gasteiger partial charge is 0.255 e. The van der Waals surface area contributed by atoms with Crippen LogP contribution in [0.5, 0.6) is 0 Å². The summed E-state index contributed by atoms with van der Waals surface area (Å²) in [5.41, 5.74) is 1.35. The molecule has 1 N–H and O–H groups in total. The van der Waals surface area contributed by atoms with Crippen LogP contribution in [-0.2, 0) is 0 Å². The van der Waals surface area contributed by atoms with Crippen LogP contribution in [0.25, 0.3) is 0 Å². The molecule has 80 valence electrons. The normalized spacial score (nSPS) is 9.81. The molecular formula is C12H9BrN2O. The van der Waals surface area contributed by atoms with E-state index < -0.39 is 0 Å². The lowest BCUT2D eigenvalue weighted by Crippen LogP contribution is -2.11. The SMILES string of the molecule is O=C(Nc1ccncc1)c1cccc(Br)c1. The highest BCUT2D eigenvalue weighted by Gasteiger charge is 2.05. The molecule has 0 spiro atoms. The van der Waals surface area contributed by atoms with Gasteiger partial charge in [-0.3, -0.25) is 9.78 Å². The monoisotopic (exact) mass is 276 g/mol. The molecule has 0 unspecified atom stereocenters. The van der Waals surface area contributed by atoms with Gasteiger partial charge in [-0.15, -0.1) is 0 Å². The Bertz CT molecular complexity index is 499. The highest BCUT2D eigenvalue weighted by Crippen LogP contribution is 2.13. The highest BCUT2D eigenvalue weighted by atomic mass is 79.9. The third kappa shape index (κ3) is 2.67. The molecule has 0 aliphatic rings. The van der Waals surface area contributed by atoms with E-state index in [2.05, 4.69) is 26.2 Å². The van der Waals surface area contributed by atoms with Gasteiger partial charge in [0.1, 0.15) is 0 Å². The number of nitrogens with one attached hydrogen (secondary N) is 1. The number of carbonyl (C=O) groups excluding carboxylic acids is 1. The number of rotatable bonds is 2. The molecule has 0 radical (unpaired) electrons. The molecule has 0 saturated carbocycles. The van der Waals surface area contributed by atoms with Crippen LogP contribution in [0, 0.1) is 0 Å². The molecule has 0 atom stereocenters. The molecule has 0 fully saturated rings. The van der Waals surface area contributed by atoms with Gasteiger partial charge in [0.2, 0.25) is 0 Å². The van der Waals surface area contributed by atoms with Gasteiger partial charge in [-0.1, -0.05) is 22.0 Å². The molecule has 0 saturated heterocycles. The average Bonchev–Trinajstić information content (AvgIpc) is 2.30. The fourth-order valence-corrected chi connectivity index (χ4v) is 1.67. The second-order valence-corrected chi connectivity index (χ2v) is 4.12. The molecule has 1 aromatic heterocycles. The number of amides is 1. The van der Waals surface area contributed by atoms with E-state index >= 15 is 0 Å². The molecule has 0 bridgehead atoms. The summed E-state index contributed by atoms with van der Waals surface area (Å²) in [5, 5.41) is 2.79. The fourth-order valence-electron chi connectivity index (χ4n) is 1.27. The van der Waals surface area contributed by atoms with Crippen LogP contribution in [0.15, 0.2) is 53.3 Å². The summed E-state index contributed by atoms with van der Waals surface area (Å²) in [6.45, 7) is 0. The maximum atomic E-state index is 11.8. The lowest BCUT2D eigenvalue weighted by Gasteiger charge is -2.04. The predicted molar refractivity (Wildman–Crippen MR) is 66.3 cm³/mol. The van der Waals surface area contributed by atoms with Crippen molar-refractivity contribution in [3.63, 3.8) is 0 Å². The van der Waals surface area contributed by atoms with Crippen molar-refractivity contribution in [3.8, 4) is 0 Å². The number of nitrogens with zero attached hydrogens (tertiary/aromatic N) is 1. The summed E-state index contributed by atoms with van der Waals surface area (Å²) in [7, 11) is 0. The first-order valence-corrected chi connectivity index (χ1v) is 5.52. The molecule has 0 aliphatic carbocycles. The highest BCUT2D eigenvalue weighted by molar-refractivity contribution is 9.10. The molecular weight excluding hydrogens is 268 g/mol. The molecule has 3 nitrogen and oxygen atoms in total. The van der Waals surface area contributed by atoms with E-state index in [1.165, 1.54) is 0 Å². The van der Waals surface area contributed by atoms with Crippen LogP contribution in [0.2, 0.25) is 0 Å². The van der Waals surface area contributed by atoms with E-state index in [0.29, 0.717) is 5.56 Å². The Hall–Kier alpha value is -1.68. The van der Waals surface area contributed by atoms with Crippen molar-refractivity contribution >= 4 is 27.5 Å². The Balaban J connectivity index is 2.15. The molecule has 16 heavy (non-hydrogen) atoms. The second-order valence-electron chi connectivity index (χ2n) is 3.20. The third-order valence-corrected chi connectivity index (χ3v) is 2.52. The number of pyridine rings is 1. The zero-order valence-corrected chi connectivity index (χ0v) is 9.94. The lowest BCUT2D eigenvalue weighted by atomic mass is 10.2. The Kier molecular flexibility index (Phi) is 3.31. The Labute approximate surface area is 102 Å². The summed E-state index contributed by atoms with van der Waals surface area (Å²) >= 11 is 3.33. The second kappa shape index (κ2) is 4.90. The van der Waals surface area contributed by atoms with Gasteiger partial charge in [-0.05, 0) is 30.3 Å². The summed E-state index contributed by atoms with van der Waals surface area (Å²) < 4.78 is 0.884. The molecule has 1 amide bonds. The number of anilines is 1. The van der Waals surface area contributed by atoms with E-state index in [4.69, 9.17) is 0 Å². The summed E-state index contributed by atoms with van der Waals surface area (Å²) in [5.74, 6) is -0.132. The van der Waals surface area contributed by atoms with Crippen molar-refractivity contribution in [1.29, 1.82) is 0 Å². The van der Waals surface area contributed by atoms with Crippen LogP contribution in [-0.4, -0.2) is 10.9 Å². The molecule has 1 heterocycles.